The molecule has 0 aliphatic carbocycles. The Bertz CT molecular complexity index is 1240. The molecule has 0 saturated carbocycles. The largest absolute Gasteiger partial charge is 0.394 e. The molecule has 2 aromatic carbocycles. The zero-order valence-corrected chi connectivity index (χ0v) is 19.4. The van der Waals surface area contributed by atoms with Gasteiger partial charge < -0.3 is 20.1 Å². The molecule has 3 aromatic rings. The summed E-state index contributed by atoms with van der Waals surface area (Å²) in [6, 6.07) is 3.20. The van der Waals surface area contributed by atoms with Gasteiger partial charge >= 0.3 is 0 Å². The number of hydrogen-bond acceptors (Lipinski definition) is 7. The summed E-state index contributed by atoms with van der Waals surface area (Å²) in [5, 5.41) is 38.8. The van der Waals surface area contributed by atoms with Crippen LogP contribution in [0.25, 0.3) is 11.3 Å². The minimum absolute atomic E-state index is 0.223. The Morgan fingerprint density at radius 2 is 1.57 bits per heavy atom. The Hall–Kier alpha value is -2.00. The van der Waals surface area contributed by atoms with E-state index in [1.165, 1.54) is 12.1 Å². The summed E-state index contributed by atoms with van der Waals surface area (Å²) in [5.41, 5.74) is -3.18. The summed E-state index contributed by atoms with van der Waals surface area (Å²) in [6.45, 7) is -0.679. The van der Waals surface area contributed by atoms with Crippen LogP contribution < -0.4 is 0 Å². The molecule has 15 heteroatoms. The summed E-state index contributed by atoms with van der Waals surface area (Å²) in [5.74, 6) is -10.9. The van der Waals surface area contributed by atoms with Crippen LogP contribution in [0.5, 0.6) is 0 Å². The van der Waals surface area contributed by atoms with Crippen LogP contribution in [0, 0.1) is 29.1 Å². The molecule has 3 N–H and O–H groups in total. The van der Waals surface area contributed by atoms with E-state index in [-0.39, 0.29) is 10.0 Å². The van der Waals surface area contributed by atoms with Crippen molar-refractivity contribution in [1.82, 2.24) is 15.0 Å². The van der Waals surface area contributed by atoms with E-state index in [4.69, 9.17) is 27.9 Å². The Labute approximate surface area is 208 Å². The van der Waals surface area contributed by atoms with Crippen molar-refractivity contribution in [1.29, 1.82) is 0 Å². The van der Waals surface area contributed by atoms with Crippen LogP contribution >= 0.6 is 35.0 Å². The molecule has 35 heavy (non-hydrogen) atoms. The van der Waals surface area contributed by atoms with Crippen LogP contribution in [0.3, 0.4) is 0 Å². The third kappa shape index (κ3) is 4.73. The molecule has 1 aromatic heterocycles. The smallest absolute Gasteiger partial charge is 0.200 e. The maximum atomic E-state index is 14.2. The first-order valence-corrected chi connectivity index (χ1v) is 11.4. The molecule has 188 valence electrons. The fourth-order valence-corrected chi connectivity index (χ4v) is 4.99. The van der Waals surface area contributed by atoms with Crippen molar-refractivity contribution < 1.29 is 42.0 Å². The van der Waals surface area contributed by atoms with E-state index in [9.17, 15) is 37.3 Å². The molecule has 0 spiro atoms. The molecule has 0 radical (unpaired) electrons. The van der Waals surface area contributed by atoms with E-state index >= 15 is 0 Å². The number of aromatic nitrogens is 3. The molecule has 1 saturated heterocycles. The van der Waals surface area contributed by atoms with Gasteiger partial charge in [0.15, 0.2) is 23.3 Å². The lowest BCUT2D eigenvalue weighted by Crippen LogP contribution is -2.55. The van der Waals surface area contributed by atoms with Crippen molar-refractivity contribution >= 4 is 35.0 Å². The van der Waals surface area contributed by atoms with E-state index < -0.39 is 76.7 Å². The van der Waals surface area contributed by atoms with Crippen molar-refractivity contribution in [3.05, 3.63) is 63.5 Å². The average Bonchev–Trinajstić information content (AvgIpc) is 3.30. The van der Waals surface area contributed by atoms with Crippen molar-refractivity contribution in [3.63, 3.8) is 0 Å². The molecule has 1 aliphatic heterocycles. The highest BCUT2D eigenvalue weighted by atomic mass is 35.5. The van der Waals surface area contributed by atoms with E-state index in [1.807, 2.05) is 0 Å². The predicted octanol–water partition coefficient (Wildman–Crippen LogP) is 3.72. The van der Waals surface area contributed by atoms with Crippen LogP contribution in [-0.4, -0.2) is 60.7 Å². The second-order valence-electron chi connectivity index (χ2n) is 7.42. The molecule has 7 nitrogen and oxygen atoms in total. The second-order valence-corrected chi connectivity index (χ2v) is 9.41. The minimum Gasteiger partial charge on any atom is -0.394 e. The van der Waals surface area contributed by atoms with Gasteiger partial charge in [-0.3, -0.25) is 0 Å². The molecule has 1 aliphatic rings. The van der Waals surface area contributed by atoms with Crippen molar-refractivity contribution in [2.24, 2.45) is 0 Å². The number of aliphatic hydroxyl groups is 3. The molecule has 3 unspecified atom stereocenters. The lowest BCUT2D eigenvalue weighted by atomic mass is 9.97. The third-order valence-electron chi connectivity index (χ3n) is 5.27. The number of thioether (sulfide) groups is 1. The standard InChI is InChI=1S/C20H14Cl2F5N3O4S/c21-7-2-1-6(3-8(7)22)35-20-19(33)17(18(32)10(5-31)34-20)30-4-9(28-29-30)11-12(23)14(25)16(27)15(26)13(11)24/h1-4,10,17-20,31-33H,5H2/t10?,17?,18-,19?,20+/m0/s1. The number of halogens is 7. The lowest BCUT2D eigenvalue weighted by molar-refractivity contribution is -0.178. The highest BCUT2D eigenvalue weighted by molar-refractivity contribution is 7.99. The summed E-state index contributed by atoms with van der Waals surface area (Å²) in [7, 11) is 0. The number of rotatable bonds is 5. The average molecular weight is 558 g/mol. The zero-order valence-electron chi connectivity index (χ0n) is 17.0. The Balaban J connectivity index is 1.69. The topological polar surface area (TPSA) is 101 Å². The number of ether oxygens (including phenoxy) is 1. The molecule has 0 bridgehead atoms. The summed E-state index contributed by atoms with van der Waals surface area (Å²) in [4.78, 5) is 0.510. The number of hydrogen-bond donors (Lipinski definition) is 3. The molecule has 5 atom stereocenters. The van der Waals surface area contributed by atoms with E-state index in [0.717, 1.165) is 22.6 Å². The van der Waals surface area contributed by atoms with Gasteiger partial charge in [0.2, 0.25) is 5.82 Å². The fraction of sp³-hybridized carbons (Fsp3) is 0.300. The van der Waals surface area contributed by atoms with Crippen LogP contribution in [0.2, 0.25) is 10.0 Å². The summed E-state index contributed by atoms with van der Waals surface area (Å²) >= 11 is 12.9. The third-order valence-corrected chi connectivity index (χ3v) is 7.16. The SMILES string of the molecule is OCC1O[C@H](Sc2ccc(Cl)c(Cl)c2)C(O)C(n2cc(-c3c(F)c(F)c(F)c(F)c3F)nn2)[C@H]1O. The fourth-order valence-electron chi connectivity index (χ4n) is 3.53. The predicted molar refractivity (Wildman–Crippen MR) is 114 cm³/mol. The second kappa shape index (κ2) is 10.2. The van der Waals surface area contributed by atoms with Crippen molar-refractivity contribution in [2.45, 2.75) is 34.7 Å². The molecule has 2 heterocycles. The van der Waals surface area contributed by atoms with Crippen LogP contribution in [0.4, 0.5) is 22.0 Å². The highest BCUT2D eigenvalue weighted by Gasteiger charge is 2.46. The number of benzene rings is 2. The first-order chi connectivity index (χ1) is 16.5. The minimum atomic E-state index is -2.33. The number of nitrogens with zero attached hydrogens (tertiary/aromatic N) is 3. The highest BCUT2D eigenvalue weighted by Crippen LogP contribution is 2.40. The van der Waals surface area contributed by atoms with Gasteiger partial charge in [-0.25, -0.2) is 26.6 Å². The molecular weight excluding hydrogens is 544 g/mol. The first-order valence-electron chi connectivity index (χ1n) is 9.73. The van der Waals surface area contributed by atoms with E-state index in [1.54, 1.807) is 6.07 Å². The van der Waals surface area contributed by atoms with Gasteiger partial charge in [-0.15, -0.1) is 5.10 Å². The van der Waals surface area contributed by atoms with Gasteiger partial charge in [0.1, 0.15) is 35.5 Å². The summed E-state index contributed by atoms with van der Waals surface area (Å²) < 4.78 is 75.4. The Kier molecular flexibility index (Phi) is 7.57. The van der Waals surface area contributed by atoms with Crippen LogP contribution in [0.1, 0.15) is 6.04 Å². The number of aliphatic hydroxyl groups excluding tert-OH is 3. The Morgan fingerprint density at radius 1 is 0.943 bits per heavy atom. The Morgan fingerprint density at radius 3 is 2.17 bits per heavy atom. The van der Waals surface area contributed by atoms with Gasteiger partial charge in [0.25, 0.3) is 0 Å². The molecular formula is C20H14Cl2F5N3O4S. The lowest BCUT2D eigenvalue weighted by Gasteiger charge is -2.41. The summed E-state index contributed by atoms with van der Waals surface area (Å²) in [6.07, 6.45) is -3.56. The molecule has 0 amide bonds. The van der Waals surface area contributed by atoms with E-state index in [0.29, 0.717) is 4.90 Å². The normalized spacial score (nSPS) is 24.7. The zero-order chi connectivity index (χ0) is 25.6. The van der Waals surface area contributed by atoms with Gasteiger partial charge in [-0.2, -0.15) is 0 Å². The van der Waals surface area contributed by atoms with Crippen LogP contribution in [0.15, 0.2) is 29.3 Å². The first kappa shape index (κ1) is 26.1. The van der Waals surface area contributed by atoms with E-state index in [2.05, 4.69) is 10.3 Å². The molecule has 4 rings (SSSR count). The van der Waals surface area contributed by atoms with Crippen molar-refractivity contribution in [2.75, 3.05) is 6.61 Å². The van der Waals surface area contributed by atoms with Gasteiger partial charge in [-0.05, 0) is 18.2 Å². The van der Waals surface area contributed by atoms with Gasteiger partial charge in [0, 0.05) is 4.90 Å². The monoisotopic (exact) mass is 557 g/mol. The van der Waals surface area contributed by atoms with Gasteiger partial charge in [-0.1, -0.05) is 40.2 Å². The maximum Gasteiger partial charge on any atom is 0.200 e. The van der Waals surface area contributed by atoms with Crippen LogP contribution in [-0.2, 0) is 4.74 Å². The quantitative estimate of drug-likeness (QED) is 0.250. The van der Waals surface area contributed by atoms with Crippen molar-refractivity contribution in [3.8, 4) is 11.3 Å². The maximum absolute atomic E-state index is 14.2. The molecule has 1 fully saturated rings. The van der Waals surface area contributed by atoms with Gasteiger partial charge in [0.05, 0.1) is 28.4 Å².